The minimum Gasteiger partial charge on any atom is -0.485 e. The number of likely N-dealkylation sites (N-methyl/N-ethyl adjacent to an activating group) is 1. The van der Waals surface area contributed by atoms with E-state index < -0.39 is 10.9 Å². The van der Waals surface area contributed by atoms with E-state index in [4.69, 9.17) is 9.84 Å². The topological polar surface area (TPSA) is 96.2 Å². The molecule has 0 amide bonds. The van der Waals surface area contributed by atoms with Crippen LogP contribution < -0.4 is 4.74 Å². The van der Waals surface area contributed by atoms with Crippen molar-refractivity contribution < 1.29 is 19.6 Å². The standard InChI is InChI=1S/C16H23N3O5.ClH/c1-17(12-16(20)21)13-6-8-18(9-7-13)10-11-24-15-5-3-2-4-14(15)19(22)23;/h2-5,13H,6-12H2,1H3,(H,20,21);1H. The van der Waals surface area contributed by atoms with Gasteiger partial charge < -0.3 is 9.84 Å². The van der Waals surface area contributed by atoms with Crippen molar-refractivity contribution in [2.24, 2.45) is 0 Å². The Morgan fingerprint density at radius 2 is 2.04 bits per heavy atom. The van der Waals surface area contributed by atoms with Gasteiger partial charge >= 0.3 is 11.7 Å². The van der Waals surface area contributed by atoms with Gasteiger partial charge in [-0.3, -0.25) is 24.7 Å². The van der Waals surface area contributed by atoms with Gasteiger partial charge in [0.25, 0.3) is 0 Å². The van der Waals surface area contributed by atoms with Crippen molar-refractivity contribution in [3.63, 3.8) is 0 Å². The minimum absolute atomic E-state index is 0. The van der Waals surface area contributed by atoms with Gasteiger partial charge in [-0.05, 0) is 39.0 Å². The molecule has 1 heterocycles. The number of hydrogen-bond acceptors (Lipinski definition) is 6. The third-order valence-electron chi connectivity index (χ3n) is 4.29. The normalized spacial score (nSPS) is 15.6. The van der Waals surface area contributed by atoms with E-state index in [0.717, 1.165) is 25.9 Å². The predicted octanol–water partition coefficient (Wildman–Crippen LogP) is 1.88. The maximum absolute atomic E-state index is 10.9. The fourth-order valence-electron chi connectivity index (χ4n) is 2.94. The lowest BCUT2D eigenvalue weighted by molar-refractivity contribution is -0.385. The highest BCUT2D eigenvalue weighted by atomic mass is 35.5. The van der Waals surface area contributed by atoms with Gasteiger partial charge in [-0.2, -0.15) is 0 Å². The zero-order valence-electron chi connectivity index (χ0n) is 14.2. The molecule has 0 bridgehead atoms. The highest BCUT2D eigenvalue weighted by molar-refractivity contribution is 5.85. The second-order valence-electron chi connectivity index (χ2n) is 5.95. The Kier molecular flexibility index (Phi) is 8.60. The summed E-state index contributed by atoms with van der Waals surface area (Å²) < 4.78 is 5.56. The van der Waals surface area contributed by atoms with Crippen LogP contribution in [0.4, 0.5) is 5.69 Å². The lowest BCUT2D eigenvalue weighted by Gasteiger charge is -2.36. The summed E-state index contributed by atoms with van der Waals surface area (Å²) in [6.45, 7) is 2.89. The summed E-state index contributed by atoms with van der Waals surface area (Å²) >= 11 is 0. The molecular weight excluding hydrogens is 350 g/mol. The van der Waals surface area contributed by atoms with Gasteiger partial charge in [0.2, 0.25) is 0 Å². The number of likely N-dealkylation sites (tertiary alicyclic amines) is 1. The largest absolute Gasteiger partial charge is 0.485 e. The Balaban J connectivity index is 0.00000312. The zero-order valence-corrected chi connectivity index (χ0v) is 15.0. The van der Waals surface area contributed by atoms with Gasteiger partial charge in [-0.15, -0.1) is 12.4 Å². The number of halogens is 1. The van der Waals surface area contributed by atoms with Gasteiger partial charge in [0.1, 0.15) is 6.61 Å². The molecule has 1 N–H and O–H groups in total. The molecular formula is C16H24ClN3O5. The Labute approximate surface area is 152 Å². The molecule has 1 saturated heterocycles. The summed E-state index contributed by atoms with van der Waals surface area (Å²) in [5.41, 5.74) is -0.0218. The van der Waals surface area contributed by atoms with Crippen LogP contribution in [-0.4, -0.2) is 71.7 Å². The summed E-state index contributed by atoms with van der Waals surface area (Å²) in [7, 11) is 1.84. The molecule has 1 aromatic rings. The molecule has 0 unspecified atom stereocenters. The first kappa shape index (κ1) is 21.1. The first-order valence-electron chi connectivity index (χ1n) is 7.98. The molecule has 1 aliphatic rings. The van der Waals surface area contributed by atoms with Crippen LogP contribution in [0.15, 0.2) is 24.3 Å². The second kappa shape index (κ2) is 10.2. The van der Waals surface area contributed by atoms with Crippen LogP contribution in [0.2, 0.25) is 0 Å². The minimum atomic E-state index is -0.808. The van der Waals surface area contributed by atoms with E-state index in [1.54, 1.807) is 18.2 Å². The van der Waals surface area contributed by atoms with E-state index in [-0.39, 0.29) is 30.7 Å². The van der Waals surface area contributed by atoms with Crippen LogP contribution in [0.5, 0.6) is 5.75 Å². The monoisotopic (exact) mass is 373 g/mol. The fourth-order valence-corrected chi connectivity index (χ4v) is 2.94. The zero-order chi connectivity index (χ0) is 17.5. The van der Waals surface area contributed by atoms with Crippen molar-refractivity contribution in [1.82, 2.24) is 9.80 Å². The van der Waals surface area contributed by atoms with Crippen molar-refractivity contribution in [2.75, 3.05) is 39.8 Å². The molecule has 25 heavy (non-hydrogen) atoms. The number of ether oxygens (including phenoxy) is 1. The number of benzene rings is 1. The Morgan fingerprint density at radius 1 is 1.40 bits per heavy atom. The van der Waals surface area contributed by atoms with E-state index in [9.17, 15) is 14.9 Å². The summed E-state index contributed by atoms with van der Waals surface area (Å²) in [5.74, 6) is -0.517. The second-order valence-corrected chi connectivity index (χ2v) is 5.95. The highest BCUT2D eigenvalue weighted by Crippen LogP contribution is 2.25. The van der Waals surface area contributed by atoms with Crippen LogP contribution in [0.1, 0.15) is 12.8 Å². The quantitative estimate of drug-likeness (QED) is 0.549. The van der Waals surface area contributed by atoms with Gasteiger partial charge in [-0.1, -0.05) is 12.1 Å². The number of nitro benzene ring substituents is 1. The van der Waals surface area contributed by atoms with Crippen molar-refractivity contribution in [3.05, 3.63) is 34.4 Å². The van der Waals surface area contributed by atoms with Crippen LogP contribution in [0.3, 0.4) is 0 Å². The molecule has 140 valence electrons. The number of nitro groups is 1. The number of para-hydroxylation sites is 2. The molecule has 0 radical (unpaired) electrons. The maximum atomic E-state index is 10.9. The van der Waals surface area contributed by atoms with E-state index in [2.05, 4.69) is 4.90 Å². The van der Waals surface area contributed by atoms with Gasteiger partial charge in [0, 0.05) is 18.7 Å². The molecule has 0 atom stereocenters. The molecule has 0 aromatic heterocycles. The van der Waals surface area contributed by atoms with Crippen LogP contribution in [0, 0.1) is 10.1 Å². The lowest BCUT2D eigenvalue weighted by Crippen LogP contribution is -2.45. The predicted molar refractivity (Wildman–Crippen MR) is 95.6 cm³/mol. The lowest BCUT2D eigenvalue weighted by atomic mass is 10.0. The number of nitrogens with zero attached hydrogens (tertiary/aromatic N) is 3. The molecule has 1 fully saturated rings. The highest BCUT2D eigenvalue weighted by Gasteiger charge is 2.23. The SMILES string of the molecule is CN(CC(=O)O)C1CCN(CCOc2ccccc2[N+](=O)[O-])CC1.Cl. The van der Waals surface area contributed by atoms with E-state index in [0.29, 0.717) is 18.9 Å². The number of rotatable bonds is 8. The summed E-state index contributed by atoms with van der Waals surface area (Å²) in [5, 5.41) is 19.8. The average Bonchev–Trinajstić information content (AvgIpc) is 2.55. The first-order chi connectivity index (χ1) is 11.5. The van der Waals surface area contributed by atoms with Crippen LogP contribution >= 0.6 is 12.4 Å². The Morgan fingerprint density at radius 3 is 2.64 bits per heavy atom. The maximum Gasteiger partial charge on any atom is 0.317 e. The number of hydrogen-bond donors (Lipinski definition) is 1. The third-order valence-corrected chi connectivity index (χ3v) is 4.29. The number of piperidine rings is 1. The molecule has 0 spiro atoms. The smallest absolute Gasteiger partial charge is 0.317 e. The van der Waals surface area contributed by atoms with Crippen molar-refractivity contribution in [2.45, 2.75) is 18.9 Å². The molecule has 1 aromatic carbocycles. The molecule has 1 aliphatic heterocycles. The summed E-state index contributed by atoms with van der Waals surface area (Å²) in [6, 6.07) is 6.65. The van der Waals surface area contributed by atoms with Gasteiger partial charge in [0.15, 0.2) is 5.75 Å². The van der Waals surface area contributed by atoms with E-state index in [1.807, 2.05) is 11.9 Å². The number of carbonyl (C=O) groups is 1. The summed E-state index contributed by atoms with van der Waals surface area (Å²) in [6.07, 6.45) is 1.82. The van der Waals surface area contributed by atoms with Crippen molar-refractivity contribution in [1.29, 1.82) is 0 Å². The fraction of sp³-hybridized carbons (Fsp3) is 0.562. The van der Waals surface area contributed by atoms with Crippen molar-refractivity contribution in [3.8, 4) is 5.75 Å². The Bertz CT molecular complexity index is 579. The molecule has 9 heteroatoms. The molecule has 8 nitrogen and oxygen atoms in total. The number of carboxylic acids is 1. The Hall–Kier alpha value is -1.90. The molecule has 0 saturated carbocycles. The number of carboxylic acid groups (broad SMARTS) is 1. The van der Waals surface area contributed by atoms with Crippen LogP contribution in [-0.2, 0) is 4.79 Å². The van der Waals surface area contributed by atoms with Gasteiger partial charge in [-0.25, -0.2) is 0 Å². The van der Waals surface area contributed by atoms with Crippen molar-refractivity contribution >= 4 is 24.1 Å². The molecule has 2 rings (SSSR count). The molecule has 0 aliphatic carbocycles. The van der Waals surface area contributed by atoms with E-state index >= 15 is 0 Å². The van der Waals surface area contributed by atoms with Crippen LogP contribution in [0.25, 0.3) is 0 Å². The number of aliphatic carboxylic acids is 1. The first-order valence-corrected chi connectivity index (χ1v) is 7.98. The third kappa shape index (κ3) is 6.49. The average molecular weight is 374 g/mol. The van der Waals surface area contributed by atoms with E-state index in [1.165, 1.54) is 6.07 Å². The van der Waals surface area contributed by atoms with Gasteiger partial charge in [0.05, 0.1) is 11.5 Å². The summed E-state index contributed by atoms with van der Waals surface area (Å²) in [4.78, 5) is 25.4.